The van der Waals surface area contributed by atoms with E-state index in [9.17, 15) is 22.0 Å². The highest BCUT2D eigenvalue weighted by molar-refractivity contribution is 7.92. The number of pyridine rings is 1. The summed E-state index contributed by atoms with van der Waals surface area (Å²) in [5, 5.41) is 3.00. The molecule has 0 bridgehead atoms. The maximum atomic E-state index is 13.7. The lowest BCUT2D eigenvalue weighted by molar-refractivity contribution is -0.347. The molecule has 0 aliphatic carbocycles. The lowest BCUT2D eigenvalue weighted by Gasteiger charge is -2.24. The number of alkyl halides is 1. The topological polar surface area (TPSA) is 120 Å². The third-order valence-electron chi connectivity index (χ3n) is 6.96. The number of carbonyl (C=O) groups excluding carboxylic acids is 1. The molecule has 0 saturated heterocycles. The number of sulfonamides is 1. The number of hydrogen-bond acceptors (Lipinski definition) is 6. The number of H-pyrrole nitrogens is 1. The van der Waals surface area contributed by atoms with Gasteiger partial charge < -0.3 is 14.2 Å². The molecule has 0 saturated carbocycles. The van der Waals surface area contributed by atoms with Crippen molar-refractivity contribution in [3.05, 3.63) is 90.4 Å². The number of benzene rings is 3. The van der Waals surface area contributed by atoms with E-state index in [1.54, 1.807) is 48.7 Å². The van der Waals surface area contributed by atoms with Crippen LogP contribution in [0.5, 0.6) is 0 Å². The summed E-state index contributed by atoms with van der Waals surface area (Å²) in [6.07, 6.45) is 2.72. The summed E-state index contributed by atoms with van der Waals surface area (Å²) in [4.78, 5) is 20.7. The molecule has 9 nitrogen and oxygen atoms in total. The van der Waals surface area contributed by atoms with Crippen LogP contribution in [-0.4, -0.2) is 45.8 Å². The molecule has 3 aromatic carbocycles. The van der Waals surface area contributed by atoms with Gasteiger partial charge in [-0.3, -0.25) is 9.10 Å². The van der Waals surface area contributed by atoms with Gasteiger partial charge in [0.1, 0.15) is 23.8 Å². The monoisotopic (exact) mass is 603 g/mol. The number of fused-ring (bicyclic) bond motifs is 2. The Morgan fingerprint density at radius 2 is 1.74 bits per heavy atom. The van der Waals surface area contributed by atoms with Gasteiger partial charge in [0.15, 0.2) is 0 Å². The fraction of sp³-hybridized carbons (Fsp3) is 0.129. The molecule has 1 amide bonds. The molecule has 3 aromatic heterocycles. The molecule has 6 rings (SSSR count). The van der Waals surface area contributed by atoms with Gasteiger partial charge in [0, 0.05) is 34.6 Å². The van der Waals surface area contributed by atoms with Crippen LogP contribution in [0.3, 0.4) is 0 Å². The smallest absolute Gasteiger partial charge is 0.368 e. The standard InChI is InChI=1S/C31H24F2N4O5S/c1-34-30(38)27-23-16-22(19-5-3-6-20(15-19)31-36-29-25(42-31)7-4-13-35-29)24(37(14-12-32)43(2,39)40)17-26(23)41-28(27)18-8-10-21(33)11-9-18/h3-11,13,15-17H,12,14H2,1-2H3,(H,34,38)/p+1. The second-order valence-corrected chi connectivity index (χ2v) is 11.7. The summed E-state index contributed by atoms with van der Waals surface area (Å²) in [5.41, 5.74) is 3.63. The molecule has 0 aliphatic rings. The molecule has 0 aliphatic heterocycles. The minimum atomic E-state index is -3.94. The van der Waals surface area contributed by atoms with Crippen LogP contribution in [0.2, 0.25) is 0 Å². The van der Waals surface area contributed by atoms with E-state index in [-0.39, 0.29) is 22.6 Å². The number of hydrogen-bond donors (Lipinski definition) is 1. The Labute approximate surface area is 244 Å². The highest BCUT2D eigenvalue weighted by Crippen LogP contribution is 2.42. The van der Waals surface area contributed by atoms with Crippen LogP contribution < -0.4 is 14.6 Å². The summed E-state index contributed by atoms with van der Waals surface area (Å²) in [6, 6.07) is 19.2. The second kappa shape index (κ2) is 11.0. The van der Waals surface area contributed by atoms with Crippen molar-refractivity contribution in [2.75, 3.05) is 30.8 Å². The third kappa shape index (κ3) is 5.21. The molecule has 43 heavy (non-hydrogen) atoms. The van der Waals surface area contributed by atoms with Crippen molar-refractivity contribution < 1.29 is 35.8 Å². The zero-order valence-corrected chi connectivity index (χ0v) is 23.8. The van der Waals surface area contributed by atoms with Gasteiger partial charge in [-0.05, 0) is 60.2 Å². The second-order valence-electron chi connectivity index (χ2n) is 9.76. The van der Waals surface area contributed by atoms with E-state index >= 15 is 0 Å². The van der Waals surface area contributed by atoms with Crippen LogP contribution in [0, 0.1) is 5.82 Å². The van der Waals surface area contributed by atoms with Gasteiger partial charge in [-0.15, -0.1) is 0 Å². The van der Waals surface area contributed by atoms with Crippen LogP contribution in [0.4, 0.5) is 14.5 Å². The Bertz CT molecular complexity index is 2070. The molecule has 6 aromatic rings. The number of rotatable bonds is 8. The van der Waals surface area contributed by atoms with E-state index < -0.39 is 35.0 Å². The largest absolute Gasteiger partial charge is 0.455 e. The summed E-state index contributed by atoms with van der Waals surface area (Å²) in [5.74, 6) is -0.418. The van der Waals surface area contributed by atoms with Crippen LogP contribution >= 0.6 is 0 Å². The average Bonchev–Trinajstić information content (AvgIpc) is 3.60. The van der Waals surface area contributed by atoms with Gasteiger partial charge in [0.2, 0.25) is 15.6 Å². The maximum absolute atomic E-state index is 13.7. The fourth-order valence-electron chi connectivity index (χ4n) is 5.02. The molecule has 0 fully saturated rings. The van der Waals surface area contributed by atoms with E-state index in [2.05, 4.69) is 15.3 Å². The molecule has 0 unspecified atom stereocenters. The van der Waals surface area contributed by atoms with Gasteiger partial charge in [-0.25, -0.2) is 22.2 Å². The van der Waals surface area contributed by atoms with Crippen molar-refractivity contribution in [2.24, 2.45) is 0 Å². The van der Waals surface area contributed by atoms with Crippen molar-refractivity contribution in [2.45, 2.75) is 0 Å². The number of nitrogens with one attached hydrogen (secondary N) is 2. The number of halogens is 2. The number of furan rings is 1. The van der Waals surface area contributed by atoms with Crippen molar-refractivity contribution in [1.82, 2.24) is 10.3 Å². The Kier molecular flexibility index (Phi) is 7.14. The van der Waals surface area contributed by atoms with Crippen LogP contribution in [0.15, 0.2) is 87.8 Å². The summed E-state index contributed by atoms with van der Waals surface area (Å²) >= 11 is 0. The van der Waals surface area contributed by atoms with Gasteiger partial charge in [0.25, 0.3) is 5.91 Å². The van der Waals surface area contributed by atoms with Crippen molar-refractivity contribution >= 4 is 43.8 Å². The summed E-state index contributed by atoms with van der Waals surface area (Å²) in [7, 11) is -2.47. The van der Waals surface area contributed by atoms with Gasteiger partial charge in [-0.2, -0.15) is 0 Å². The van der Waals surface area contributed by atoms with E-state index in [1.165, 1.54) is 37.4 Å². The third-order valence-corrected chi connectivity index (χ3v) is 8.14. The normalized spacial score (nSPS) is 11.7. The van der Waals surface area contributed by atoms with Crippen molar-refractivity contribution in [1.29, 1.82) is 0 Å². The molecular weight excluding hydrogens is 578 g/mol. The molecule has 0 spiro atoms. The summed E-state index contributed by atoms with van der Waals surface area (Å²) < 4.78 is 66.2. The van der Waals surface area contributed by atoms with E-state index in [0.29, 0.717) is 44.8 Å². The Morgan fingerprint density at radius 3 is 2.44 bits per heavy atom. The molecule has 12 heteroatoms. The number of oxazole rings is 1. The predicted molar refractivity (Wildman–Crippen MR) is 158 cm³/mol. The zero-order valence-electron chi connectivity index (χ0n) is 23.0. The van der Waals surface area contributed by atoms with E-state index in [0.717, 1.165) is 10.6 Å². The van der Waals surface area contributed by atoms with Crippen molar-refractivity contribution in [3.8, 4) is 33.9 Å². The van der Waals surface area contributed by atoms with E-state index in [4.69, 9.17) is 8.83 Å². The number of carbonyl (C=O) groups is 1. The molecule has 3 heterocycles. The van der Waals surface area contributed by atoms with E-state index in [1.807, 2.05) is 0 Å². The first kappa shape index (κ1) is 28.0. The first-order valence-corrected chi connectivity index (χ1v) is 15.0. The van der Waals surface area contributed by atoms with Crippen LogP contribution in [0.25, 0.3) is 56.1 Å². The molecular formula is C31H25F2N4O5S+. The molecule has 218 valence electrons. The maximum Gasteiger partial charge on any atom is 0.368 e. The number of amides is 1. The lowest BCUT2D eigenvalue weighted by atomic mass is 9.97. The zero-order chi connectivity index (χ0) is 30.3. The highest BCUT2D eigenvalue weighted by atomic mass is 32.2. The first-order chi connectivity index (χ1) is 20.7. The minimum Gasteiger partial charge on any atom is -0.455 e. The fourth-order valence-corrected chi connectivity index (χ4v) is 5.93. The Balaban J connectivity index is 1.63. The minimum absolute atomic E-state index is 0.151. The first-order valence-electron chi connectivity index (χ1n) is 13.2. The number of nitrogens with zero attached hydrogens (tertiary/aromatic N) is 2. The molecule has 0 radical (unpaired) electrons. The van der Waals surface area contributed by atoms with Gasteiger partial charge in [-0.1, -0.05) is 12.1 Å². The Morgan fingerprint density at radius 1 is 0.977 bits per heavy atom. The lowest BCUT2D eigenvalue weighted by Crippen LogP contribution is -2.32. The van der Waals surface area contributed by atoms with Crippen molar-refractivity contribution in [3.63, 3.8) is 0 Å². The van der Waals surface area contributed by atoms with Crippen LogP contribution in [0.1, 0.15) is 10.4 Å². The predicted octanol–water partition coefficient (Wildman–Crippen LogP) is 5.62. The average molecular weight is 604 g/mol. The SMILES string of the molecule is CNC(=O)c1c(-c2ccc(F)cc2)oc2cc(N(CCF)S(C)(=O)=O)c(-c3cccc(-c4nc5[nH+]cccc5o4)c3)cc12. The van der Waals surface area contributed by atoms with Gasteiger partial charge >= 0.3 is 11.5 Å². The molecule has 2 N–H and O–H groups in total. The highest BCUT2D eigenvalue weighted by Gasteiger charge is 2.28. The Hall–Kier alpha value is -5.10. The number of aromatic amines is 1. The number of anilines is 1. The quantitative estimate of drug-likeness (QED) is 0.241. The molecule has 0 atom stereocenters. The van der Waals surface area contributed by atoms with Crippen LogP contribution in [-0.2, 0) is 10.0 Å². The summed E-state index contributed by atoms with van der Waals surface area (Å²) in [6.45, 7) is -1.38. The van der Waals surface area contributed by atoms with Gasteiger partial charge in [0.05, 0.1) is 35.8 Å². The number of aromatic nitrogens is 2.